The molecule has 1 heterocycles. The van der Waals surface area contributed by atoms with Crippen molar-refractivity contribution < 1.29 is 9.53 Å². The molecule has 1 aromatic heterocycles. The molecule has 3 N–H and O–H groups in total. The maximum absolute atomic E-state index is 10.8. The van der Waals surface area contributed by atoms with Gasteiger partial charge in [-0.2, -0.15) is 0 Å². The zero-order valence-corrected chi connectivity index (χ0v) is 9.07. The molecule has 0 saturated carbocycles. The normalized spacial score (nSPS) is 12.6. The van der Waals surface area contributed by atoms with Crippen LogP contribution in [0.1, 0.15) is 6.92 Å². The van der Waals surface area contributed by atoms with Crippen molar-refractivity contribution in [3.05, 3.63) is 30.5 Å². The van der Waals surface area contributed by atoms with E-state index in [4.69, 9.17) is 10.5 Å². The Bertz CT molecular complexity index is 504. The lowest BCUT2D eigenvalue weighted by Gasteiger charge is -2.09. The Labute approximate surface area is 93.4 Å². The first-order valence-electron chi connectivity index (χ1n) is 5.16. The van der Waals surface area contributed by atoms with Crippen LogP contribution in [0.3, 0.4) is 0 Å². The van der Waals surface area contributed by atoms with Gasteiger partial charge in [-0.3, -0.25) is 4.79 Å². The van der Waals surface area contributed by atoms with Crippen molar-refractivity contribution in [2.75, 3.05) is 6.61 Å². The summed E-state index contributed by atoms with van der Waals surface area (Å²) < 4.78 is 5.49. The number of nitrogens with two attached hydrogens (primary N) is 1. The lowest BCUT2D eigenvalue weighted by Crippen LogP contribution is -2.25. The number of primary amides is 1. The van der Waals surface area contributed by atoms with Crippen LogP contribution in [0.25, 0.3) is 10.9 Å². The fraction of sp³-hybridized carbons (Fsp3) is 0.250. The number of benzene rings is 1. The molecule has 2 rings (SSSR count). The number of amides is 1. The van der Waals surface area contributed by atoms with E-state index in [1.807, 2.05) is 30.5 Å². The van der Waals surface area contributed by atoms with Crippen molar-refractivity contribution in [2.24, 2.45) is 11.7 Å². The van der Waals surface area contributed by atoms with Gasteiger partial charge in [-0.25, -0.2) is 0 Å². The molecule has 1 amide bonds. The number of fused-ring (bicyclic) bond motifs is 1. The van der Waals surface area contributed by atoms with Crippen LogP contribution in [0, 0.1) is 5.92 Å². The predicted octanol–water partition coefficient (Wildman–Crippen LogP) is 1.67. The summed E-state index contributed by atoms with van der Waals surface area (Å²) in [6.45, 7) is 2.06. The van der Waals surface area contributed by atoms with Crippen LogP contribution in [-0.2, 0) is 4.79 Å². The summed E-state index contributed by atoms with van der Waals surface area (Å²) in [7, 11) is 0. The second-order valence-corrected chi connectivity index (χ2v) is 3.84. The molecule has 1 aromatic carbocycles. The molecule has 2 aromatic rings. The highest BCUT2D eigenvalue weighted by atomic mass is 16.5. The first-order valence-corrected chi connectivity index (χ1v) is 5.16. The SMILES string of the molecule is CC(COc1ccc2[nH]ccc2c1)C(N)=O. The quantitative estimate of drug-likeness (QED) is 0.819. The van der Waals surface area contributed by atoms with E-state index in [0.717, 1.165) is 16.7 Å². The van der Waals surface area contributed by atoms with Gasteiger partial charge in [0.25, 0.3) is 0 Å². The van der Waals surface area contributed by atoms with Crippen LogP contribution in [0.5, 0.6) is 5.75 Å². The van der Waals surface area contributed by atoms with Gasteiger partial charge in [0.15, 0.2) is 0 Å². The largest absolute Gasteiger partial charge is 0.493 e. The van der Waals surface area contributed by atoms with Crippen molar-refractivity contribution in [1.29, 1.82) is 0 Å². The van der Waals surface area contributed by atoms with Crippen molar-refractivity contribution in [2.45, 2.75) is 6.92 Å². The summed E-state index contributed by atoms with van der Waals surface area (Å²) in [4.78, 5) is 13.9. The molecule has 0 bridgehead atoms. The summed E-state index contributed by atoms with van der Waals surface area (Å²) in [5.41, 5.74) is 6.22. The third-order valence-corrected chi connectivity index (χ3v) is 2.51. The molecule has 1 atom stereocenters. The highest BCUT2D eigenvalue weighted by molar-refractivity contribution is 5.80. The van der Waals surface area contributed by atoms with Gasteiger partial charge < -0.3 is 15.5 Å². The summed E-state index contributed by atoms with van der Waals surface area (Å²) in [6.07, 6.45) is 1.88. The molecule has 0 spiro atoms. The third-order valence-electron chi connectivity index (χ3n) is 2.51. The van der Waals surface area contributed by atoms with E-state index in [0.29, 0.717) is 6.61 Å². The lowest BCUT2D eigenvalue weighted by molar-refractivity contribution is -0.122. The smallest absolute Gasteiger partial charge is 0.223 e. The average molecular weight is 218 g/mol. The summed E-state index contributed by atoms with van der Waals surface area (Å²) in [5, 5.41) is 1.09. The molecule has 1 unspecified atom stereocenters. The van der Waals surface area contributed by atoms with Crippen molar-refractivity contribution in [3.8, 4) is 5.75 Å². The molecule has 0 saturated heterocycles. The highest BCUT2D eigenvalue weighted by Crippen LogP contribution is 2.19. The van der Waals surface area contributed by atoms with Crippen LogP contribution in [0.2, 0.25) is 0 Å². The number of carbonyl (C=O) groups excluding carboxylic acids is 1. The lowest BCUT2D eigenvalue weighted by atomic mass is 10.2. The number of aromatic amines is 1. The molecular weight excluding hydrogens is 204 g/mol. The van der Waals surface area contributed by atoms with Crippen molar-refractivity contribution in [3.63, 3.8) is 0 Å². The number of carbonyl (C=O) groups is 1. The van der Waals surface area contributed by atoms with E-state index < -0.39 is 0 Å². The van der Waals surface area contributed by atoms with E-state index >= 15 is 0 Å². The van der Waals surface area contributed by atoms with Crippen LogP contribution < -0.4 is 10.5 Å². The molecule has 4 heteroatoms. The Morgan fingerprint density at radius 1 is 1.50 bits per heavy atom. The first kappa shape index (κ1) is 10.5. The first-order chi connectivity index (χ1) is 7.66. The van der Waals surface area contributed by atoms with E-state index in [-0.39, 0.29) is 11.8 Å². The number of rotatable bonds is 4. The van der Waals surface area contributed by atoms with E-state index in [1.54, 1.807) is 6.92 Å². The zero-order valence-electron chi connectivity index (χ0n) is 9.07. The Morgan fingerprint density at radius 3 is 3.06 bits per heavy atom. The fourth-order valence-electron chi connectivity index (χ4n) is 1.42. The minimum atomic E-state index is -0.345. The third kappa shape index (κ3) is 2.16. The highest BCUT2D eigenvalue weighted by Gasteiger charge is 2.09. The standard InChI is InChI=1S/C12H14N2O2/c1-8(12(13)15)7-16-10-2-3-11-9(6-10)4-5-14-11/h2-6,8,14H,7H2,1H3,(H2,13,15). The van der Waals surface area contributed by atoms with Gasteiger partial charge in [-0.1, -0.05) is 6.92 Å². The van der Waals surface area contributed by atoms with Gasteiger partial charge in [0.1, 0.15) is 5.75 Å². The van der Waals surface area contributed by atoms with Crippen molar-refractivity contribution >= 4 is 16.8 Å². The minimum absolute atomic E-state index is 0.276. The molecule has 0 aliphatic heterocycles. The number of hydrogen-bond acceptors (Lipinski definition) is 2. The van der Waals surface area contributed by atoms with Crippen LogP contribution in [-0.4, -0.2) is 17.5 Å². The molecule has 0 aliphatic carbocycles. The predicted molar refractivity (Wildman–Crippen MR) is 62.2 cm³/mol. The van der Waals surface area contributed by atoms with Crippen LogP contribution >= 0.6 is 0 Å². The number of ether oxygens (including phenoxy) is 1. The zero-order chi connectivity index (χ0) is 11.5. The van der Waals surface area contributed by atoms with E-state index in [1.165, 1.54) is 0 Å². The van der Waals surface area contributed by atoms with Gasteiger partial charge in [0.05, 0.1) is 12.5 Å². The molecule has 16 heavy (non-hydrogen) atoms. The Kier molecular flexibility index (Phi) is 2.81. The number of aromatic nitrogens is 1. The average Bonchev–Trinajstić information content (AvgIpc) is 2.72. The molecule has 0 radical (unpaired) electrons. The fourth-order valence-corrected chi connectivity index (χ4v) is 1.42. The number of nitrogens with one attached hydrogen (secondary N) is 1. The summed E-state index contributed by atoms with van der Waals surface area (Å²) in [5.74, 6) is 0.129. The van der Waals surface area contributed by atoms with Gasteiger partial charge in [0, 0.05) is 17.1 Å². The van der Waals surface area contributed by atoms with Crippen molar-refractivity contribution in [1.82, 2.24) is 4.98 Å². The van der Waals surface area contributed by atoms with E-state index in [2.05, 4.69) is 4.98 Å². The second-order valence-electron chi connectivity index (χ2n) is 3.84. The molecule has 0 fully saturated rings. The molecular formula is C12H14N2O2. The second kappa shape index (κ2) is 4.26. The van der Waals surface area contributed by atoms with E-state index in [9.17, 15) is 4.79 Å². The van der Waals surface area contributed by atoms with Crippen LogP contribution in [0.4, 0.5) is 0 Å². The number of H-pyrrole nitrogens is 1. The maximum atomic E-state index is 10.8. The van der Waals surface area contributed by atoms with Crippen LogP contribution in [0.15, 0.2) is 30.5 Å². The molecule has 4 nitrogen and oxygen atoms in total. The molecule has 84 valence electrons. The summed E-state index contributed by atoms with van der Waals surface area (Å²) in [6, 6.07) is 7.71. The minimum Gasteiger partial charge on any atom is -0.493 e. The van der Waals surface area contributed by atoms with Gasteiger partial charge in [-0.15, -0.1) is 0 Å². The van der Waals surface area contributed by atoms with Gasteiger partial charge >= 0.3 is 0 Å². The summed E-state index contributed by atoms with van der Waals surface area (Å²) >= 11 is 0. The topological polar surface area (TPSA) is 68.1 Å². The number of hydrogen-bond donors (Lipinski definition) is 2. The monoisotopic (exact) mass is 218 g/mol. The van der Waals surface area contributed by atoms with Gasteiger partial charge in [-0.05, 0) is 24.3 Å². The maximum Gasteiger partial charge on any atom is 0.223 e. The Hall–Kier alpha value is -1.97. The Balaban J connectivity index is 2.06. The Morgan fingerprint density at radius 2 is 2.31 bits per heavy atom. The molecule has 0 aliphatic rings. The van der Waals surface area contributed by atoms with Gasteiger partial charge in [0.2, 0.25) is 5.91 Å².